The molecule has 0 aromatic heterocycles. The SMILES string of the molecule is CC(C)(C)CCN1CCCC(CC2CCN(C(C)(C)C)CC2)CC1. The molecule has 0 bridgehead atoms. The Morgan fingerprint density at radius 2 is 1.33 bits per heavy atom. The van der Waals surface area contributed by atoms with Gasteiger partial charge in [0, 0.05) is 5.54 Å². The number of piperidine rings is 1. The van der Waals surface area contributed by atoms with Gasteiger partial charge in [-0.1, -0.05) is 20.8 Å². The Kier molecular flexibility index (Phi) is 7.20. The van der Waals surface area contributed by atoms with Crippen molar-refractivity contribution in [3.05, 3.63) is 0 Å². The number of hydrogen-bond acceptors (Lipinski definition) is 2. The highest BCUT2D eigenvalue weighted by atomic mass is 15.2. The first-order valence-electron chi connectivity index (χ1n) is 10.6. The van der Waals surface area contributed by atoms with Crippen molar-refractivity contribution in [2.75, 3.05) is 32.7 Å². The summed E-state index contributed by atoms with van der Waals surface area (Å²) < 4.78 is 0. The maximum Gasteiger partial charge on any atom is 0.0125 e. The second-order valence-corrected chi connectivity index (χ2v) is 10.8. The van der Waals surface area contributed by atoms with Crippen LogP contribution in [0.15, 0.2) is 0 Å². The van der Waals surface area contributed by atoms with E-state index in [4.69, 9.17) is 0 Å². The molecule has 0 spiro atoms. The van der Waals surface area contributed by atoms with Gasteiger partial charge in [-0.2, -0.15) is 0 Å². The van der Waals surface area contributed by atoms with E-state index in [2.05, 4.69) is 51.3 Å². The smallest absolute Gasteiger partial charge is 0.0125 e. The summed E-state index contributed by atoms with van der Waals surface area (Å²) in [6.45, 7) is 20.8. The lowest BCUT2D eigenvalue weighted by molar-refractivity contribution is 0.0798. The number of rotatable bonds is 4. The Morgan fingerprint density at radius 3 is 1.92 bits per heavy atom. The van der Waals surface area contributed by atoms with E-state index in [0.29, 0.717) is 11.0 Å². The molecule has 2 fully saturated rings. The minimum absolute atomic E-state index is 0.362. The molecule has 1 unspecified atom stereocenters. The van der Waals surface area contributed by atoms with Gasteiger partial charge in [-0.3, -0.25) is 4.90 Å². The van der Waals surface area contributed by atoms with Crippen LogP contribution in [0.25, 0.3) is 0 Å². The average molecular weight is 337 g/mol. The zero-order valence-electron chi connectivity index (χ0n) is 17.5. The predicted octanol–water partition coefficient (Wildman–Crippen LogP) is 5.43. The highest BCUT2D eigenvalue weighted by molar-refractivity contribution is 4.83. The molecule has 2 heteroatoms. The fourth-order valence-electron chi connectivity index (χ4n) is 4.49. The van der Waals surface area contributed by atoms with Gasteiger partial charge in [0.25, 0.3) is 0 Å². The van der Waals surface area contributed by atoms with Crippen LogP contribution in [0.3, 0.4) is 0 Å². The summed E-state index contributed by atoms with van der Waals surface area (Å²) in [7, 11) is 0. The fraction of sp³-hybridized carbons (Fsp3) is 1.00. The van der Waals surface area contributed by atoms with Crippen molar-refractivity contribution in [1.29, 1.82) is 0 Å². The van der Waals surface area contributed by atoms with Crippen LogP contribution in [0.2, 0.25) is 0 Å². The number of hydrogen-bond donors (Lipinski definition) is 0. The molecule has 0 N–H and O–H groups in total. The molecule has 1 atom stereocenters. The zero-order chi connectivity index (χ0) is 17.8. The first kappa shape index (κ1) is 20.2. The van der Waals surface area contributed by atoms with Crippen molar-refractivity contribution in [2.45, 2.75) is 92.0 Å². The van der Waals surface area contributed by atoms with Crippen molar-refractivity contribution >= 4 is 0 Å². The fourth-order valence-corrected chi connectivity index (χ4v) is 4.49. The standard InChI is InChI=1S/C22H44N2/c1-21(2,3)12-17-23-13-7-8-19(9-14-23)18-20-10-15-24(16-11-20)22(4,5)6/h19-20H,7-18H2,1-6H3. The van der Waals surface area contributed by atoms with Gasteiger partial charge in [-0.05, 0) is 116 Å². The van der Waals surface area contributed by atoms with Crippen molar-refractivity contribution in [3.8, 4) is 0 Å². The maximum absolute atomic E-state index is 2.74. The lowest BCUT2D eigenvalue weighted by Gasteiger charge is -2.41. The molecule has 0 aromatic rings. The van der Waals surface area contributed by atoms with Crippen LogP contribution in [0.1, 0.15) is 86.5 Å². The van der Waals surface area contributed by atoms with E-state index in [-0.39, 0.29) is 0 Å². The summed E-state index contributed by atoms with van der Waals surface area (Å²) in [5.74, 6) is 1.99. The van der Waals surface area contributed by atoms with E-state index in [0.717, 1.165) is 11.8 Å². The molecule has 0 saturated carbocycles. The van der Waals surface area contributed by atoms with Gasteiger partial charge in [0.2, 0.25) is 0 Å². The minimum atomic E-state index is 0.362. The Hall–Kier alpha value is -0.0800. The highest BCUT2D eigenvalue weighted by Gasteiger charge is 2.28. The molecule has 0 aromatic carbocycles. The van der Waals surface area contributed by atoms with Gasteiger partial charge >= 0.3 is 0 Å². The third-order valence-corrected chi connectivity index (χ3v) is 6.35. The monoisotopic (exact) mass is 336 g/mol. The Balaban J connectivity index is 1.69. The molecular weight excluding hydrogens is 292 g/mol. The quantitative estimate of drug-likeness (QED) is 0.676. The maximum atomic E-state index is 2.74. The van der Waals surface area contributed by atoms with Crippen LogP contribution in [0, 0.1) is 17.3 Å². The minimum Gasteiger partial charge on any atom is -0.303 e. The third kappa shape index (κ3) is 7.04. The molecule has 0 amide bonds. The van der Waals surface area contributed by atoms with Gasteiger partial charge in [0.05, 0.1) is 0 Å². The van der Waals surface area contributed by atoms with E-state index in [1.54, 1.807) is 0 Å². The first-order chi connectivity index (χ1) is 11.1. The summed E-state index contributed by atoms with van der Waals surface area (Å²) in [5.41, 5.74) is 0.841. The van der Waals surface area contributed by atoms with E-state index in [1.165, 1.54) is 77.7 Å². The third-order valence-electron chi connectivity index (χ3n) is 6.35. The molecule has 0 aliphatic carbocycles. The van der Waals surface area contributed by atoms with Crippen LogP contribution >= 0.6 is 0 Å². The van der Waals surface area contributed by atoms with Crippen molar-refractivity contribution < 1.29 is 0 Å². The number of likely N-dealkylation sites (tertiary alicyclic amines) is 2. The van der Waals surface area contributed by atoms with Crippen LogP contribution in [0.5, 0.6) is 0 Å². The molecule has 2 aliphatic heterocycles. The summed E-state index contributed by atoms with van der Waals surface area (Å²) in [6, 6.07) is 0. The van der Waals surface area contributed by atoms with E-state index < -0.39 is 0 Å². The molecule has 2 nitrogen and oxygen atoms in total. The van der Waals surface area contributed by atoms with E-state index >= 15 is 0 Å². The molecule has 2 saturated heterocycles. The summed E-state index contributed by atoms with van der Waals surface area (Å²) >= 11 is 0. The predicted molar refractivity (Wildman–Crippen MR) is 107 cm³/mol. The van der Waals surface area contributed by atoms with Crippen LogP contribution in [-0.2, 0) is 0 Å². The summed E-state index contributed by atoms with van der Waals surface area (Å²) in [5, 5.41) is 0. The molecule has 0 radical (unpaired) electrons. The van der Waals surface area contributed by atoms with Crippen molar-refractivity contribution in [1.82, 2.24) is 9.80 Å². The van der Waals surface area contributed by atoms with Gasteiger partial charge in [-0.15, -0.1) is 0 Å². The highest BCUT2D eigenvalue weighted by Crippen LogP contribution is 2.32. The van der Waals surface area contributed by atoms with Gasteiger partial charge in [0.15, 0.2) is 0 Å². The lowest BCUT2D eigenvalue weighted by Crippen LogP contribution is -2.46. The van der Waals surface area contributed by atoms with Crippen LogP contribution in [0.4, 0.5) is 0 Å². The molecule has 2 rings (SSSR count). The van der Waals surface area contributed by atoms with Crippen molar-refractivity contribution in [2.24, 2.45) is 17.3 Å². The summed E-state index contributed by atoms with van der Waals surface area (Å²) in [4.78, 5) is 5.43. The topological polar surface area (TPSA) is 6.48 Å². The van der Waals surface area contributed by atoms with E-state index in [1.807, 2.05) is 0 Å². The van der Waals surface area contributed by atoms with Gasteiger partial charge in [0.1, 0.15) is 0 Å². The normalized spacial score (nSPS) is 26.5. The molecule has 2 aliphatic rings. The van der Waals surface area contributed by atoms with Crippen LogP contribution < -0.4 is 0 Å². The zero-order valence-corrected chi connectivity index (χ0v) is 17.5. The second-order valence-electron chi connectivity index (χ2n) is 10.8. The van der Waals surface area contributed by atoms with Gasteiger partial charge < -0.3 is 4.90 Å². The Bertz CT molecular complexity index is 355. The largest absolute Gasteiger partial charge is 0.303 e. The second kappa shape index (κ2) is 8.54. The molecule has 2 heterocycles. The first-order valence-corrected chi connectivity index (χ1v) is 10.6. The summed E-state index contributed by atoms with van der Waals surface area (Å²) in [6.07, 6.45) is 10.1. The lowest BCUT2D eigenvalue weighted by atomic mass is 9.83. The molecule has 24 heavy (non-hydrogen) atoms. The van der Waals surface area contributed by atoms with Crippen molar-refractivity contribution in [3.63, 3.8) is 0 Å². The Morgan fingerprint density at radius 1 is 0.750 bits per heavy atom. The van der Waals surface area contributed by atoms with Gasteiger partial charge in [-0.25, -0.2) is 0 Å². The molecular formula is C22H44N2. The Labute approximate surface area is 152 Å². The number of nitrogens with zero attached hydrogens (tertiary/aromatic N) is 2. The van der Waals surface area contributed by atoms with E-state index in [9.17, 15) is 0 Å². The average Bonchev–Trinajstić information content (AvgIpc) is 2.69. The van der Waals surface area contributed by atoms with Crippen LogP contribution in [-0.4, -0.2) is 48.1 Å². The molecule has 142 valence electrons.